The lowest BCUT2D eigenvalue weighted by molar-refractivity contribution is -0.136. The second kappa shape index (κ2) is 11.2. The summed E-state index contributed by atoms with van der Waals surface area (Å²) in [7, 11) is 0. The van der Waals surface area contributed by atoms with E-state index in [0.717, 1.165) is 11.1 Å². The van der Waals surface area contributed by atoms with Crippen molar-refractivity contribution in [1.82, 2.24) is 5.43 Å². The van der Waals surface area contributed by atoms with E-state index in [-0.39, 0.29) is 5.91 Å². The summed E-state index contributed by atoms with van der Waals surface area (Å²) >= 11 is 0. The second-order valence-corrected chi connectivity index (χ2v) is 7.26. The van der Waals surface area contributed by atoms with Gasteiger partial charge in [-0.1, -0.05) is 29.8 Å². The van der Waals surface area contributed by atoms with Gasteiger partial charge >= 0.3 is 11.8 Å². The molecule has 0 aliphatic carbocycles. The largest absolute Gasteiger partial charge is 0.489 e. The Labute approximate surface area is 191 Å². The van der Waals surface area contributed by atoms with E-state index < -0.39 is 11.8 Å². The number of rotatable bonds is 7. The summed E-state index contributed by atoms with van der Waals surface area (Å²) in [5.74, 6) is -1.26. The molecule has 0 aliphatic heterocycles. The van der Waals surface area contributed by atoms with Gasteiger partial charge in [-0.15, -0.1) is 0 Å². The molecule has 3 amide bonds. The van der Waals surface area contributed by atoms with Crippen LogP contribution in [0, 0.1) is 6.92 Å². The fraction of sp³-hybridized carbons (Fsp3) is 0.120. The van der Waals surface area contributed by atoms with Crippen molar-refractivity contribution in [3.63, 3.8) is 0 Å². The van der Waals surface area contributed by atoms with Crippen LogP contribution >= 0.6 is 0 Å². The minimum atomic E-state index is -0.907. The highest BCUT2D eigenvalue weighted by Crippen LogP contribution is 2.15. The highest BCUT2D eigenvalue weighted by atomic mass is 16.5. The SMILES string of the molecule is CC(=O)Nc1ccc(NC(=O)C(=O)N/N=C/c2ccc(OCc3cccc(C)c3)cc2)cc1. The molecule has 3 aromatic carbocycles. The van der Waals surface area contributed by atoms with Gasteiger partial charge in [0.25, 0.3) is 0 Å². The van der Waals surface area contributed by atoms with E-state index in [2.05, 4.69) is 27.2 Å². The molecule has 0 spiro atoms. The van der Waals surface area contributed by atoms with Gasteiger partial charge in [-0.25, -0.2) is 5.43 Å². The van der Waals surface area contributed by atoms with Crippen molar-refractivity contribution in [3.8, 4) is 5.75 Å². The maximum absolute atomic E-state index is 12.0. The summed E-state index contributed by atoms with van der Waals surface area (Å²) < 4.78 is 5.77. The zero-order valence-electron chi connectivity index (χ0n) is 18.3. The van der Waals surface area contributed by atoms with Crippen LogP contribution in [0.25, 0.3) is 0 Å². The summed E-state index contributed by atoms with van der Waals surface area (Å²) in [4.78, 5) is 34.9. The molecule has 0 saturated carbocycles. The van der Waals surface area contributed by atoms with E-state index in [1.54, 1.807) is 48.5 Å². The van der Waals surface area contributed by atoms with Crippen molar-refractivity contribution < 1.29 is 19.1 Å². The number of hydrogen-bond acceptors (Lipinski definition) is 5. The van der Waals surface area contributed by atoms with Crippen molar-refractivity contribution in [2.75, 3.05) is 10.6 Å². The van der Waals surface area contributed by atoms with Gasteiger partial charge in [-0.3, -0.25) is 14.4 Å². The monoisotopic (exact) mass is 444 g/mol. The van der Waals surface area contributed by atoms with Crippen molar-refractivity contribution >= 4 is 35.3 Å². The fourth-order valence-corrected chi connectivity index (χ4v) is 2.86. The Bertz CT molecular complexity index is 1160. The Balaban J connectivity index is 1.45. The van der Waals surface area contributed by atoms with Gasteiger partial charge in [-0.2, -0.15) is 5.10 Å². The lowest BCUT2D eigenvalue weighted by Crippen LogP contribution is -2.32. The molecule has 0 aliphatic rings. The van der Waals surface area contributed by atoms with Crippen LogP contribution in [-0.2, 0) is 21.0 Å². The molecule has 0 fully saturated rings. The minimum absolute atomic E-state index is 0.201. The first-order chi connectivity index (χ1) is 15.9. The molecule has 168 valence electrons. The van der Waals surface area contributed by atoms with Crippen LogP contribution in [-0.4, -0.2) is 23.9 Å². The molecular formula is C25H24N4O4. The maximum atomic E-state index is 12.0. The summed E-state index contributed by atoms with van der Waals surface area (Å²) in [6.07, 6.45) is 1.43. The van der Waals surface area contributed by atoms with Gasteiger partial charge in [0.1, 0.15) is 12.4 Å². The van der Waals surface area contributed by atoms with Crippen molar-refractivity contribution in [3.05, 3.63) is 89.5 Å². The third-order valence-corrected chi connectivity index (χ3v) is 4.42. The Hall–Kier alpha value is -4.46. The molecule has 3 N–H and O–H groups in total. The molecule has 0 heterocycles. The topological polar surface area (TPSA) is 109 Å². The molecule has 8 heteroatoms. The molecular weight excluding hydrogens is 420 g/mol. The summed E-state index contributed by atoms with van der Waals surface area (Å²) in [5, 5.41) is 8.88. The van der Waals surface area contributed by atoms with Gasteiger partial charge in [0.05, 0.1) is 6.21 Å². The molecule has 33 heavy (non-hydrogen) atoms. The molecule has 0 saturated heterocycles. The first-order valence-electron chi connectivity index (χ1n) is 10.2. The molecule has 3 rings (SSSR count). The summed E-state index contributed by atoms with van der Waals surface area (Å²) in [6.45, 7) is 3.90. The summed E-state index contributed by atoms with van der Waals surface area (Å²) in [6, 6.07) is 21.7. The van der Waals surface area contributed by atoms with Gasteiger partial charge in [0, 0.05) is 18.3 Å². The minimum Gasteiger partial charge on any atom is -0.489 e. The molecule has 8 nitrogen and oxygen atoms in total. The van der Waals surface area contributed by atoms with E-state index in [1.807, 2.05) is 25.1 Å². The Kier molecular flexibility index (Phi) is 7.91. The van der Waals surface area contributed by atoms with E-state index in [9.17, 15) is 14.4 Å². The predicted octanol–water partition coefficient (Wildman–Crippen LogP) is 3.62. The van der Waals surface area contributed by atoms with E-state index in [1.165, 1.54) is 18.7 Å². The van der Waals surface area contributed by atoms with Gasteiger partial charge in [-0.05, 0) is 66.6 Å². The van der Waals surface area contributed by atoms with Crippen LogP contribution in [0.15, 0.2) is 77.9 Å². The molecule has 0 unspecified atom stereocenters. The number of anilines is 2. The lowest BCUT2D eigenvalue weighted by atomic mass is 10.1. The number of hydrogen-bond donors (Lipinski definition) is 3. The average Bonchev–Trinajstić information content (AvgIpc) is 2.79. The molecule has 0 atom stereocenters. The van der Waals surface area contributed by atoms with Crippen LogP contribution in [0.5, 0.6) is 5.75 Å². The average molecular weight is 444 g/mol. The van der Waals surface area contributed by atoms with Crippen LogP contribution in [0.4, 0.5) is 11.4 Å². The standard InChI is InChI=1S/C25H24N4O4/c1-17-4-3-5-20(14-17)16-33-23-12-6-19(7-13-23)15-26-29-25(32)24(31)28-22-10-8-21(9-11-22)27-18(2)30/h3-15H,16H2,1-2H3,(H,27,30)(H,28,31)(H,29,32)/b26-15+. The highest BCUT2D eigenvalue weighted by Gasteiger charge is 2.12. The zero-order chi connectivity index (χ0) is 23.6. The van der Waals surface area contributed by atoms with E-state index in [4.69, 9.17) is 4.74 Å². The van der Waals surface area contributed by atoms with Crippen LogP contribution in [0.3, 0.4) is 0 Å². The normalized spacial score (nSPS) is 10.5. The van der Waals surface area contributed by atoms with Crippen LogP contribution < -0.4 is 20.8 Å². The van der Waals surface area contributed by atoms with Gasteiger partial charge in [0.2, 0.25) is 5.91 Å². The van der Waals surface area contributed by atoms with Crippen LogP contribution in [0.2, 0.25) is 0 Å². The van der Waals surface area contributed by atoms with Crippen molar-refractivity contribution in [1.29, 1.82) is 0 Å². The van der Waals surface area contributed by atoms with E-state index >= 15 is 0 Å². The number of carbonyl (C=O) groups is 3. The Morgan fingerprint density at radius 3 is 2.18 bits per heavy atom. The Morgan fingerprint density at radius 1 is 0.879 bits per heavy atom. The van der Waals surface area contributed by atoms with Crippen LogP contribution in [0.1, 0.15) is 23.6 Å². The molecule has 0 aromatic heterocycles. The molecule has 0 radical (unpaired) electrons. The number of nitrogens with one attached hydrogen (secondary N) is 3. The third-order valence-electron chi connectivity index (χ3n) is 4.42. The van der Waals surface area contributed by atoms with E-state index in [0.29, 0.717) is 23.7 Å². The van der Waals surface area contributed by atoms with Crippen molar-refractivity contribution in [2.24, 2.45) is 5.10 Å². The number of ether oxygens (including phenoxy) is 1. The number of aryl methyl sites for hydroxylation is 1. The second-order valence-electron chi connectivity index (χ2n) is 7.26. The first kappa shape index (κ1) is 23.2. The lowest BCUT2D eigenvalue weighted by Gasteiger charge is -2.07. The smallest absolute Gasteiger partial charge is 0.329 e. The number of amides is 3. The molecule has 0 bridgehead atoms. The number of benzene rings is 3. The maximum Gasteiger partial charge on any atom is 0.329 e. The number of nitrogens with zero attached hydrogens (tertiary/aromatic N) is 1. The quantitative estimate of drug-likeness (QED) is 0.294. The molecule has 3 aromatic rings. The van der Waals surface area contributed by atoms with Crippen molar-refractivity contribution in [2.45, 2.75) is 20.5 Å². The third kappa shape index (κ3) is 7.62. The summed E-state index contributed by atoms with van der Waals surface area (Å²) in [5.41, 5.74) is 6.18. The fourth-order valence-electron chi connectivity index (χ4n) is 2.86. The number of hydrazone groups is 1. The highest BCUT2D eigenvalue weighted by molar-refractivity contribution is 6.39. The van der Waals surface area contributed by atoms with Gasteiger partial charge < -0.3 is 15.4 Å². The Morgan fingerprint density at radius 2 is 1.55 bits per heavy atom. The zero-order valence-corrected chi connectivity index (χ0v) is 18.3. The number of carbonyl (C=O) groups excluding carboxylic acids is 3. The predicted molar refractivity (Wildman–Crippen MR) is 127 cm³/mol. The first-order valence-corrected chi connectivity index (χ1v) is 10.2. The van der Waals surface area contributed by atoms with Gasteiger partial charge in [0.15, 0.2) is 0 Å².